The summed E-state index contributed by atoms with van der Waals surface area (Å²) in [5, 5.41) is 14.8. The van der Waals surface area contributed by atoms with E-state index in [0.717, 1.165) is 16.5 Å². The van der Waals surface area contributed by atoms with Crippen LogP contribution in [0.15, 0.2) is 23.0 Å². The first-order chi connectivity index (χ1) is 17.9. The fraction of sp³-hybridized carbons (Fsp3) is 0.385. The summed E-state index contributed by atoms with van der Waals surface area (Å²) in [5.74, 6) is 0.228. The number of nitrogens with zero attached hydrogens (tertiary/aromatic N) is 2. The number of carbonyl (C=O) groups excluding carboxylic acids is 2. The quantitative estimate of drug-likeness (QED) is 0.255. The first kappa shape index (κ1) is 23.4. The van der Waals surface area contributed by atoms with Crippen molar-refractivity contribution in [3.63, 3.8) is 0 Å². The van der Waals surface area contributed by atoms with Crippen molar-refractivity contribution >= 4 is 22.8 Å². The Kier molecular flexibility index (Phi) is 5.42. The van der Waals surface area contributed by atoms with Gasteiger partial charge in [-0.25, -0.2) is 9.78 Å². The minimum absolute atomic E-state index is 0.0724. The predicted octanol–water partition coefficient (Wildman–Crippen LogP) is 0.816. The van der Waals surface area contributed by atoms with Crippen LogP contribution >= 0.6 is 0 Å². The van der Waals surface area contributed by atoms with Gasteiger partial charge in [0.2, 0.25) is 12.7 Å². The van der Waals surface area contributed by atoms with E-state index in [1.165, 1.54) is 0 Å². The zero-order valence-electron chi connectivity index (χ0n) is 20.3. The third-order valence-corrected chi connectivity index (χ3v) is 7.41. The van der Waals surface area contributed by atoms with Crippen molar-refractivity contribution in [3.8, 4) is 22.9 Å². The SMILES string of the molecule is CCC1(O)C(=O)OCc2c1cc1n(c2=O)Cc2c-1nc1cc3c(cc1c2CCCNC(=O)CN)OCO3. The molecule has 0 bridgehead atoms. The molecule has 11 nitrogen and oxygen atoms in total. The molecule has 0 aliphatic carbocycles. The third kappa shape index (κ3) is 3.49. The fourth-order valence-corrected chi connectivity index (χ4v) is 5.40. The average molecular weight is 507 g/mol. The number of aromatic nitrogens is 2. The normalized spacial score (nSPS) is 18.8. The molecule has 2 aromatic heterocycles. The number of hydrogen-bond acceptors (Lipinski definition) is 9. The highest BCUT2D eigenvalue weighted by molar-refractivity contribution is 5.91. The number of rotatable bonds is 6. The maximum atomic E-state index is 13.6. The van der Waals surface area contributed by atoms with Crippen molar-refractivity contribution in [2.45, 2.75) is 44.9 Å². The van der Waals surface area contributed by atoms with Crippen molar-refractivity contribution in [3.05, 3.63) is 50.8 Å². The summed E-state index contributed by atoms with van der Waals surface area (Å²) in [4.78, 5) is 42.5. The van der Waals surface area contributed by atoms with Gasteiger partial charge in [0.1, 0.15) is 6.61 Å². The lowest BCUT2D eigenvalue weighted by Gasteiger charge is -2.31. The molecule has 3 aliphatic heterocycles. The van der Waals surface area contributed by atoms with Gasteiger partial charge in [-0.05, 0) is 37.0 Å². The van der Waals surface area contributed by atoms with E-state index in [0.29, 0.717) is 47.8 Å². The van der Waals surface area contributed by atoms with Crippen LogP contribution in [0.25, 0.3) is 22.3 Å². The van der Waals surface area contributed by atoms with E-state index in [1.54, 1.807) is 17.6 Å². The number of aryl methyl sites for hydroxylation is 1. The largest absolute Gasteiger partial charge is 0.458 e. The Hall–Kier alpha value is -3.96. The average Bonchev–Trinajstić information content (AvgIpc) is 3.51. The fourth-order valence-electron chi connectivity index (χ4n) is 5.40. The van der Waals surface area contributed by atoms with Gasteiger partial charge in [-0.3, -0.25) is 9.59 Å². The molecular formula is C26H26N4O7. The number of ether oxygens (including phenoxy) is 3. The van der Waals surface area contributed by atoms with E-state index in [2.05, 4.69) is 5.32 Å². The number of amides is 1. The Morgan fingerprint density at radius 1 is 1.19 bits per heavy atom. The van der Waals surface area contributed by atoms with Crippen molar-refractivity contribution in [1.82, 2.24) is 14.9 Å². The molecule has 6 rings (SSSR count). The number of nitrogens with two attached hydrogens (primary N) is 1. The molecule has 3 aliphatic rings. The second-order valence-electron chi connectivity index (χ2n) is 9.40. The third-order valence-electron chi connectivity index (χ3n) is 7.41. The predicted molar refractivity (Wildman–Crippen MR) is 131 cm³/mol. The van der Waals surface area contributed by atoms with Gasteiger partial charge in [0.05, 0.1) is 35.6 Å². The molecule has 0 saturated heterocycles. The summed E-state index contributed by atoms with van der Waals surface area (Å²) >= 11 is 0. The topological polar surface area (TPSA) is 155 Å². The van der Waals surface area contributed by atoms with E-state index in [9.17, 15) is 19.5 Å². The van der Waals surface area contributed by atoms with Crippen molar-refractivity contribution in [1.29, 1.82) is 0 Å². The lowest BCUT2D eigenvalue weighted by molar-refractivity contribution is -0.172. The smallest absolute Gasteiger partial charge is 0.343 e. The molecule has 11 heteroatoms. The van der Waals surface area contributed by atoms with Crippen molar-refractivity contribution < 1.29 is 28.9 Å². The molecule has 37 heavy (non-hydrogen) atoms. The van der Waals surface area contributed by atoms with Gasteiger partial charge < -0.3 is 34.9 Å². The number of benzene rings is 1. The second-order valence-corrected chi connectivity index (χ2v) is 9.40. The molecular weight excluding hydrogens is 480 g/mol. The second kappa shape index (κ2) is 8.56. The number of cyclic esters (lactones) is 1. The Balaban J connectivity index is 1.51. The van der Waals surface area contributed by atoms with Gasteiger partial charge >= 0.3 is 5.97 Å². The van der Waals surface area contributed by atoms with E-state index in [-0.39, 0.29) is 55.5 Å². The Morgan fingerprint density at radius 2 is 1.97 bits per heavy atom. The van der Waals surface area contributed by atoms with Gasteiger partial charge in [0.25, 0.3) is 5.56 Å². The molecule has 1 atom stereocenters. The number of hydrogen-bond donors (Lipinski definition) is 3. The summed E-state index contributed by atoms with van der Waals surface area (Å²) in [6.07, 6.45) is 1.32. The molecule has 192 valence electrons. The minimum Gasteiger partial charge on any atom is -0.458 e. The standard InChI is InChI=1S/C26H26N4O7/c1-2-26(34)17-7-19-23-15(10-30(19)24(32)16(17)11-35-25(26)33)13(4-3-5-28-22(31)9-27)14-6-20-21(37-12-36-20)8-18(14)29-23/h6-8,34H,2-5,9-12,27H2,1H3,(H,28,31). The van der Waals surface area contributed by atoms with Crippen LogP contribution in [-0.2, 0) is 39.5 Å². The van der Waals surface area contributed by atoms with Gasteiger partial charge in [0.15, 0.2) is 17.1 Å². The summed E-state index contributed by atoms with van der Waals surface area (Å²) in [6, 6.07) is 5.41. The van der Waals surface area contributed by atoms with Gasteiger partial charge in [-0.2, -0.15) is 0 Å². The maximum absolute atomic E-state index is 13.6. The summed E-state index contributed by atoms with van der Waals surface area (Å²) in [6.45, 7) is 2.28. The van der Waals surface area contributed by atoms with Crippen LogP contribution in [0.2, 0.25) is 0 Å². The van der Waals surface area contributed by atoms with E-state index < -0.39 is 11.6 Å². The summed E-state index contributed by atoms with van der Waals surface area (Å²) < 4.78 is 17.9. The number of aliphatic hydroxyl groups is 1. The zero-order valence-corrected chi connectivity index (χ0v) is 20.3. The highest BCUT2D eigenvalue weighted by Crippen LogP contribution is 2.43. The first-order valence-electron chi connectivity index (χ1n) is 12.2. The Labute approximate surface area is 211 Å². The maximum Gasteiger partial charge on any atom is 0.343 e. The number of nitrogens with one attached hydrogen (secondary N) is 1. The minimum atomic E-state index is -1.89. The highest BCUT2D eigenvalue weighted by Gasteiger charge is 2.45. The van der Waals surface area contributed by atoms with Crippen LogP contribution in [0.4, 0.5) is 0 Å². The highest BCUT2D eigenvalue weighted by atomic mass is 16.7. The van der Waals surface area contributed by atoms with Crippen LogP contribution in [0.5, 0.6) is 11.5 Å². The van der Waals surface area contributed by atoms with Crippen LogP contribution in [0.1, 0.15) is 42.0 Å². The molecule has 1 amide bonds. The van der Waals surface area contributed by atoms with E-state index in [4.69, 9.17) is 24.9 Å². The Bertz CT molecular complexity index is 1550. The van der Waals surface area contributed by atoms with Crippen LogP contribution in [0, 0.1) is 0 Å². The first-order valence-corrected chi connectivity index (χ1v) is 12.2. The molecule has 4 N–H and O–H groups in total. The summed E-state index contributed by atoms with van der Waals surface area (Å²) in [5.41, 5.74) is 7.42. The summed E-state index contributed by atoms with van der Waals surface area (Å²) in [7, 11) is 0. The lowest BCUT2D eigenvalue weighted by Crippen LogP contribution is -2.44. The Morgan fingerprint density at radius 3 is 2.73 bits per heavy atom. The lowest BCUT2D eigenvalue weighted by atomic mass is 9.86. The van der Waals surface area contributed by atoms with Crippen LogP contribution in [-0.4, -0.2) is 46.4 Å². The number of esters is 1. The van der Waals surface area contributed by atoms with E-state index in [1.807, 2.05) is 12.1 Å². The number of carbonyl (C=O) groups is 2. The molecule has 1 aromatic carbocycles. The molecule has 1 unspecified atom stereocenters. The van der Waals surface area contributed by atoms with Crippen LogP contribution in [0.3, 0.4) is 0 Å². The van der Waals surface area contributed by atoms with Crippen LogP contribution < -0.4 is 26.1 Å². The molecule has 0 saturated carbocycles. The van der Waals surface area contributed by atoms with Gasteiger partial charge in [0, 0.05) is 29.1 Å². The van der Waals surface area contributed by atoms with Crippen molar-refractivity contribution in [2.75, 3.05) is 19.9 Å². The van der Waals surface area contributed by atoms with E-state index >= 15 is 0 Å². The molecule has 3 aromatic rings. The van der Waals surface area contributed by atoms with Gasteiger partial charge in [-0.1, -0.05) is 6.92 Å². The number of fused-ring (bicyclic) bond motifs is 6. The van der Waals surface area contributed by atoms with Crippen molar-refractivity contribution in [2.24, 2.45) is 5.73 Å². The zero-order chi connectivity index (χ0) is 25.9. The van der Waals surface area contributed by atoms with Gasteiger partial charge in [-0.15, -0.1) is 0 Å². The number of pyridine rings is 2. The monoisotopic (exact) mass is 506 g/mol. The molecule has 0 spiro atoms. The molecule has 0 fully saturated rings. The molecule has 5 heterocycles. The molecule has 0 radical (unpaired) electrons.